The lowest BCUT2D eigenvalue weighted by molar-refractivity contribution is -0.136. The summed E-state index contributed by atoms with van der Waals surface area (Å²) in [6.07, 6.45) is 4.26. The van der Waals surface area contributed by atoms with Crippen molar-refractivity contribution in [2.75, 3.05) is 0 Å². The molecular weight excluding hydrogens is 244 g/mol. The molecule has 1 aromatic rings. The fourth-order valence-corrected chi connectivity index (χ4v) is 2.99. The van der Waals surface area contributed by atoms with E-state index in [1.807, 2.05) is 18.5 Å². The molecule has 2 N–H and O–H groups in total. The van der Waals surface area contributed by atoms with Crippen LogP contribution in [0.3, 0.4) is 0 Å². The molecule has 0 aliphatic heterocycles. The maximum Gasteiger partial charge on any atom is 0.303 e. The Balaban J connectivity index is 2.22. The number of hydrogen-bond donors (Lipinski definition) is 2. The van der Waals surface area contributed by atoms with Crippen LogP contribution in [0.4, 0.5) is 0 Å². The molecule has 2 unspecified atom stereocenters. The Morgan fingerprint density at radius 3 is 2.68 bits per heavy atom. The van der Waals surface area contributed by atoms with Crippen molar-refractivity contribution in [3.05, 3.63) is 17.0 Å². The third-order valence-corrected chi connectivity index (χ3v) is 4.07. The molecular formula is C14H22N2O3. The Morgan fingerprint density at radius 1 is 1.37 bits per heavy atom. The van der Waals surface area contributed by atoms with Gasteiger partial charge in [-0.25, -0.2) is 0 Å². The summed E-state index contributed by atoms with van der Waals surface area (Å²) in [5, 5.41) is 23.4. The summed E-state index contributed by atoms with van der Waals surface area (Å²) in [6, 6.07) is 0.0472. The van der Waals surface area contributed by atoms with Gasteiger partial charge in [0.15, 0.2) is 0 Å². The number of aliphatic carboxylic acids is 1. The van der Waals surface area contributed by atoms with Gasteiger partial charge in [-0.1, -0.05) is 12.8 Å². The smallest absolute Gasteiger partial charge is 0.303 e. The lowest BCUT2D eigenvalue weighted by Gasteiger charge is -2.28. The third-order valence-electron chi connectivity index (χ3n) is 4.07. The summed E-state index contributed by atoms with van der Waals surface area (Å²) in [4.78, 5) is 10.7. The quantitative estimate of drug-likeness (QED) is 0.874. The molecule has 19 heavy (non-hydrogen) atoms. The van der Waals surface area contributed by atoms with E-state index >= 15 is 0 Å². The normalized spacial score (nSPS) is 23.5. The molecule has 1 saturated carbocycles. The Bertz CT molecular complexity index is 468. The van der Waals surface area contributed by atoms with Crippen molar-refractivity contribution in [1.29, 1.82) is 0 Å². The van der Waals surface area contributed by atoms with Crippen molar-refractivity contribution in [3.63, 3.8) is 0 Å². The summed E-state index contributed by atoms with van der Waals surface area (Å²) in [5.41, 5.74) is 2.90. The number of hydrogen-bond acceptors (Lipinski definition) is 3. The van der Waals surface area contributed by atoms with Crippen molar-refractivity contribution in [2.24, 2.45) is 0 Å². The second-order valence-corrected chi connectivity index (χ2v) is 5.41. The molecule has 2 rings (SSSR count). The van der Waals surface area contributed by atoms with E-state index in [0.717, 1.165) is 42.6 Å². The second-order valence-electron chi connectivity index (χ2n) is 5.41. The second kappa shape index (κ2) is 5.74. The van der Waals surface area contributed by atoms with Gasteiger partial charge in [-0.05, 0) is 38.7 Å². The Kier molecular flexibility index (Phi) is 4.24. The highest BCUT2D eigenvalue weighted by Crippen LogP contribution is 2.30. The van der Waals surface area contributed by atoms with Crippen LogP contribution in [0.15, 0.2) is 0 Å². The molecule has 5 nitrogen and oxygen atoms in total. The zero-order valence-electron chi connectivity index (χ0n) is 11.6. The highest BCUT2D eigenvalue weighted by atomic mass is 16.4. The number of aryl methyl sites for hydroxylation is 1. The van der Waals surface area contributed by atoms with Crippen LogP contribution in [0.1, 0.15) is 55.1 Å². The lowest BCUT2D eigenvalue weighted by Crippen LogP contribution is -2.29. The zero-order chi connectivity index (χ0) is 14.0. The fourth-order valence-electron chi connectivity index (χ4n) is 2.99. The van der Waals surface area contributed by atoms with Crippen molar-refractivity contribution >= 4 is 5.97 Å². The summed E-state index contributed by atoms with van der Waals surface area (Å²) in [6.45, 7) is 3.88. The number of aliphatic hydroxyl groups is 1. The third kappa shape index (κ3) is 2.97. The van der Waals surface area contributed by atoms with Crippen LogP contribution in [0.25, 0.3) is 0 Å². The molecule has 0 saturated heterocycles. The van der Waals surface area contributed by atoms with Crippen LogP contribution >= 0.6 is 0 Å². The molecule has 2 atom stereocenters. The van der Waals surface area contributed by atoms with Gasteiger partial charge >= 0.3 is 5.97 Å². The predicted molar refractivity (Wildman–Crippen MR) is 71.2 cm³/mol. The van der Waals surface area contributed by atoms with E-state index < -0.39 is 5.97 Å². The number of rotatable bonds is 4. The molecule has 5 heteroatoms. The topological polar surface area (TPSA) is 75.3 Å². The molecule has 1 aliphatic carbocycles. The first-order chi connectivity index (χ1) is 9.00. The van der Waals surface area contributed by atoms with Gasteiger partial charge in [0.1, 0.15) is 0 Å². The summed E-state index contributed by atoms with van der Waals surface area (Å²) in [7, 11) is 0. The average Bonchev–Trinajstić information content (AvgIpc) is 2.63. The number of nitrogens with zero attached hydrogens (tertiary/aromatic N) is 2. The molecule has 0 radical (unpaired) electrons. The van der Waals surface area contributed by atoms with E-state index in [9.17, 15) is 9.90 Å². The van der Waals surface area contributed by atoms with Crippen LogP contribution < -0.4 is 0 Å². The van der Waals surface area contributed by atoms with Gasteiger partial charge in [0.25, 0.3) is 0 Å². The highest BCUT2D eigenvalue weighted by Gasteiger charge is 2.27. The Hall–Kier alpha value is -1.36. The summed E-state index contributed by atoms with van der Waals surface area (Å²) >= 11 is 0. The van der Waals surface area contributed by atoms with E-state index in [1.54, 1.807) is 0 Å². The number of carbonyl (C=O) groups is 1. The summed E-state index contributed by atoms with van der Waals surface area (Å²) < 4.78 is 1.91. The minimum absolute atomic E-state index is 0.0472. The molecule has 1 fully saturated rings. The van der Waals surface area contributed by atoms with Gasteiger partial charge in [-0.15, -0.1) is 0 Å². The van der Waals surface area contributed by atoms with Gasteiger partial charge in [0, 0.05) is 12.1 Å². The predicted octanol–water partition coefficient (Wildman–Crippen LogP) is 1.99. The largest absolute Gasteiger partial charge is 0.481 e. The van der Waals surface area contributed by atoms with E-state index in [2.05, 4.69) is 5.10 Å². The molecule has 1 aromatic heterocycles. The molecule has 0 aromatic carbocycles. The van der Waals surface area contributed by atoms with Crippen LogP contribution in [-0.2, 0) is 11.2 Å². The van der Waals surface area contributed by atoms with Crippen LogP contribution in [-0.4, -0.2) is 32.1 Å². The minimum Gasteiger partial charge on any atom is -0.481 e. The van der Waals surface area contributed by atoms with E-state index in [-0.39, 0.29) is 18.6 Å². The van der Waals surface area contributed by atoms with E-state index in [1.165, 1.54) is 0 Å². The summed E-state index contributed by atoms with van der Waals surface area (Å²) in [5.74, 6) is -0.788. The highest BCUT2D eigenvalue weighted by molar-refractivity contribution is 5.67. The minimum atomic E-state index is -0.788. The van der Waals surface area contributed by atoms with Crippen molar-refractivity contribution < 1.29 is 15.0 Å². The molecule has 0 spiro atoms. The molecule has 1 aliphatic rings. The van der Waals surface area contributed by atoms with Gasteiger partial charge in [0.2, 0.25) is 0 Å². The first-order valence-electron chi connectivity index (χ1n) is 6.95. The van der Waals surface area contributed by atoms with Crippen molar-refractivity contribution in [3.8, 4) is 0 Å². The Labute approximate surface area is 113 Å². The fraction of sp³-hybridized carbons (Fsp3) is 0.714. The average molecular weight is 266 g/mol. The van der Waals surface area contributed by atoms with E-state index in [4.69, 9.17) is 5.11 Å². The molecule has 0 amide bonds. The van der Waals surface area contributed by atoms with Crippen LogP contribution in [0, 0.1) is 13.8 Å². The molecule has 106 valence electrons. The van der Waals surface area contributed by atoms with Gasteiger partial charge in [-0.2, -0.15) is 5.10 Å². The maximum atomic E-state index is 10.7. The Morgan fingerprint density at radius 2 is 2.05 bits per heavy atom. The number of aromatic nitrogens is 2. The number of carboxylic acids is 1. The van der Waals surface area contributed by atoms with Gasteiger partial charge in [-0.3, -0.25) is 9.48 Å². The van der Waals surface area contributed by atoms with E-state index in [0.29, 0.717) is 6.42 Å². The maximum absolute atomic E-state index is 10.7. The van der Waals surface area contributed by atoms with Crippen LogP contribution in [0.5, 0.6) is 0 Å². The molecule has 1 heterocycles. The first kappa shape index (κ1) is 14.1. The standard InChI is InChI=1S/C14H22N2O3/c1-9-11(7-8-14(18)19)10(2)16(15-9)12-5-3-4-6-13(12)17/h12-13,17H,3-8H2,1-2H3,(H,18,19). The van der Waals surface area contributed by atoms with Crippen molar-refractivity contribution in [2.45, 2.75) is 64.5 Å². The monoisotopic (exact) mass is 266 g/mol. The SMILES string of the molecule is Cc1nn(C2CCCCC2O)c(C)c1CCC(=O)O. The number of carboxylic acid groups (broad SMARTS) is 1. The van der Waals surface area contributed by atoms with Crippen LogP contribution in [0.2, 0.25) is 0 Å². The van der Waals surface area contributed by atoms with Gasteiger partial charge < -0.3 is 10.2 Å². The number of aliphatic hydroxyl groups excluding tert-OH is 1. The zero-order valence-corrected chi connectivity index (χ0v) is 11.6. The lowest BCUT2D eigenvalue weighted by atomic mass is 9.92. The van der Waals surface area contributed by atoms with Gasteiger partial charge in [0.05, 0.1) is 17.8 Å². The first-order valence-corrected chi connectivity index (χ1v) is 6.95. The molecule has 0 bridgehead atoms. The van der Waals surface area contributed by atoms with Crippen molar-refractivity contribution in [1.82, 2.24) is 9.78 Å².